The van der Waals surface area contributed by atoms with Crippen LogP contribution in [0.15, 0.2) is 64.1 Å². The highest BCUT2D eigenvalue weighted by atomic mass is 79.9. The minimum atomic E-state index is -0.398. The minimum absolute atomic E-state index is 0.0647. The maximum Gasteiger partial charge on any atom is 0.127 e. The van der Waals surface area contributed by atoms with Crippen LogP contribution in [0.1, 0.15) is 19.4 Å². The Morgan fingerprint density at radius 2 is 1.80 bits per heavy atom. The minimum Gasteiger partial charge on any atom is -0.457 e. The van der Waals surface area contributed by atoms with E-state index in [0.29, 0.717) is 6.42 Å². The third-order valence-electron chi connectivity index (χ3n) is 5.23. The van der Waals surface area contributed by atoms with Crippen molar-refractivity contribution in [2.24, 2.45) is 16.7 Å². The summed E-state index contributed by atoms with van der Waals surface area (Å²) in [5, 5.41) is 9.90. The molecule has 0 aromatic heterocycles. The molecule has 0 aliphatic heterocycles. The predicted molar refractivity (Wildman–Crippen MR) is 108 cm³/mol. The Kier molecular flexibility index (Phi) is 5.09. The molecule has 2 unspecified atom stereocenters. The molecule has 0 radical (unpaired) electrons. The first-order valence-corrected chi connectivity index (χ1v) is 9.73. The fourth-order valence-electron chi connectivity index (χ4n) is 3.63. The standard InChI is InChI=1S/C21H19Br2NO/c1-20(2)18(12-19(22)23)21(20,14-24)13-15-7-6-10-17(11-15)25-16-8-4-3-5-9-16/h3-12,18H,13H2,1-2H3. The number of benzene rings is 2. The highest BCUT2D eigenvalue weighted by Crippen LogP contribution is 2.71. The lowest BCUT2D eigenvalue weighted by atomic mass is 9.90. The van der Waals surface area contributed by atoms with Crippen molar-refractivity contribution in [2.75, 3.05) is 0 Å². The normalized spacial score (nSPS) is 23.4. The first-order valence-electron chi connectivity index (χ1n) is 8.15. The van der Waals surface area contributed by atoms with E-state index in [9.17, 15) is 5.26 Å². The third-order valence-corrected chi connectivity index (χ3v) is 5.76. The van der Waals surface area contributed by atoms with E-state index >= 15 is 0 Å². The Hall–Kier alpha value is -1.57. The van der Waals surface area contributed by atoms with Gasteiger partial charge in [0.1, 0.15) is 11.5 Å². The average Bonchev–Trinajstić information content (AvgIpc) is 3.02. The Morgan fingerprint density at radius 1 is 1.12 bits per heavy atom. The molecular weight excluding hydrogens is 442 g/mol. The zero-order valence-electron chi connectivity index (χ0n) is 14.2. The molecule has 0 N–H and O–H groups in total. The van der Waals surface area contributed by atoms with Crippen molar-refractivity contribution in [3.8, 4) is 17.6 Å². The topological polar surface area (TPSA) is 33.0 Å². The van der Waals surface area contributed by atoms with Crippen LogP contribution in [0.3, 0.4) is 0 Å². The lowest BCUT2D eigenvalue weighted by Gasteiger charge is -2.13. The summed E-state index contributed by atoms with van der Waals surface area (Å²) in [6.07, 6.45) is 2.80. The van der Waals surface area contributed by atoms with E-state index in [-0.39, 0.29) is 11.3 Å². The molecule has 1 saturated carbocycles. The van der Waals surface area contributed by atoms with Crippen molar-refractivity contribution in [3.05, 3.63) is 69.6 Å². The summed E-state index contributed by atoms with van der Waals surface area (Å²) < 4.78 is 6.82. The van der Waals surface area contributed by atoms with Crippen molar-refractivity contribution in [1.29, 1.82) is 5.26 Å². The molecule has 1 fully saturated rings. The quantitative estimate of drug-likeness (QED) is 0.490. The summed E-state index contributed by atoms with van der Waals surface area (Å²) in [4.78, 5) is 0. The zero-order valence-corrected chi connectivity index (χ0v) is 17.3. The molecular formula is C21H19Br2NO. The van der Waals surface area contributed by atoms with Crippen LogP contribution in [-0.4, -0.2) is 0 Å². The van der Waals surface area contributed by atoms with Crippen LogP contribution in [0.5, 0.6) is 11.5 Å². The summed E-state index contributed by atoms with van der Waals surface area (Å²) in [6.45, 7) is 4.31. The Balaban J connectivity index is 1.82. The van der Waals surface area contributed by atoms with Crippen LogP contribution in [0, 0.1) is 28.1 Å². The summed E-state index contributed by atoms with van der Waals surface area (Å²) in [7, 11) is 0. The van der Waals surface area contributed by atoms with Crippen molar-refractivity contribution < 1.29 is 4.74 Å². The number of nitrogens with zero attached hydrogens (tertiary/aromatic N) is 1. The fraction of sp³-hybridized carbons (Fsp3) is 0.286. The molecule has 0 saturated heterocycles. The van der Waals surface area contributed by atoms with Gasteiger partial charge in [-0.2, -0.15) is 5.26 Å². The number of para-hydroxylation sites is 1. The van der Waals surface area contributed by atoms with E-state index < -0.39 is 5.41 Å². The number of ether oxygens (including phenoxy) is 1. The number of halogens is 2. The lowest BCUT2D eigenvalue weighted by Crippen LogP contribution is -2.10. The number of hydrogen-bond acceptors (Lipinski definition) is 2. The molecule has 1 aliphatic rings. The van der Waals surface area contributed by atoms with Gasteiger partial charge in [0.2, 0.25) is 0 Å². The van der Waals surface area contributed by atoms with Crippen LogP contribution in [0.25, 0.3) is 0 Å². The number of rotatable bonds is 5. The van der Waals surface area contributed by atoms with Gasteiger partial charge in [-0.3, -0.25) is 0 Å². The van der Waals surface area contributed by atoms with Gasteiger partial charge in [0.05, 0.1) is 14.9 Å². The van der Waals surface area contributed by atoms with Crippen LogP contribution < -0.4 is 4.74 Å². The molecule has 3 rings (SSSR count). The monoisotopic (exact) mass is 459 g/mol. The smallest absolute Gasteiger partial charge is 0.127 e. The summed E-state index contributed by atoms with van der Waals surface area (Å²) in [5.74, 6) is 1.81. The molecule has 2 aromatic rings. The Morgan fingerprint density at radius 3 is 2.44 bits per heavy atom. The van der Waals surface area contributed by atoms with E-state index in [1.54, 1.807) is 0 Å². The van der Waals surface area contributed by atoms with Crippen LogP contribution in [-0.2, 0) is 6.42 Å². The Bertz CT molecular complexity index is 834. The molecule has 25 heavy (non-hydrogen) atoms. The highest BCUT2D eigenvalue weighted by molar-refractivity contribution is 9.28. The summed E-state index contributed by atoms with van der Waals surface area (Å²) in [6, 6.07) is 20.3. The zero-order chi connectivity index (χ0) is 18.1. The maximum atomic E-state index is 9.90. The first-order chi connectivity index (χ1) is 11.9. The molecule has 0 amide bonds. The SMILES string of the molecule is CC1(C)C(C=C(Br)Br)C1(C#N)Cc1cccc(Oc2ccccc2)c1. The Labute approximate surface area is 165 Å². The van der Waals surface area contributed by atoms with Gasteiger partial charge in [0.15, 0.2) is 0 Å². The van der Waals surface area contributed by atoms with E-state index in [2.05, 4.69) is 63.9 Å². The first kappa shape index (κ1) is 18.2. The van der Waals surface area contributed by atoms with Gasteiger partial charge in [-0.05, 0) is 73.5 Å². The summed E-state index contributed by atoms with van der Waals surface area (Å²) in [5.41, 5.74) is 0.653. The second kappa shape index (κ2) is 6.97. The van der Waals surface area contributed by atoms with Gasteiger partial charge in [-0.25, -0.2) is 0 Å². The maximum absolute atomic E-state index is 9.90. The van der Waals surface area contributed by atoms with Gasteiger partial charge in [0, 0.05) is 5.92 Å². The van der Waals surface area contributed by atoms with Gasteiger partial charge in [-0.15, -0.1) is 0 Å². The number of hydrogen-bond donors (Lipinski definition) is 0. The van der Waals surface area contributed by atoms with Gasteiger partial charge < -0.3 is 4.74 Å². The number of nitriles is 1. The molecule has 0 heterocycles. The largest absolute Gasteiger partial charge is 0.457 e. The van der Waals surface area contributed by atoms with Gasteiger partial charge in [0.25, 0.3) is 0 Å². The van der Waals surface area contributed by atoms with E-state index in [1.165, 1.54) is 0 Å². The van der Waals surface area contributed by atoms with Crippen LogP contribution in [0.4, 0.5) is 0 Å². The molecule has 2 nitrogen and oxygen atoms in total. The van der Waals surface area contributed by atoms with E-state index in [1.807, 2.05) is 48.5 Å². The van der Waals surface area contributed by atoms with Crippen LogP contribution in [0.2, 0.25) is 0 Å². The molecule has 2 aromatic carbocycles. The van der Waals surface area contributed by atoms with E-state index in [4.69, 9.17) is 4.74 Å². The van der Waals surface area contributed by atoms with Crippen molar-refractivity contribution in [3.63, 3.8) is 0 Å². The van der Waals surface area contributed by atoms with E-state index in [0.717, 1.165) is 20.5 Å². The lowest BCUT2D eigenvalue weighted by molar-refractivity contribution is 0.467. The number of allylic oxidation sites excluding steroid dienone is 1. The fourth-order valence-corrected chi connectivity index (χ4v) is 4.16. The van der Waals surface area contributed by atoms with Crippen molar-refractivity contribution >= 4 is 31.9 Å². The molecule has 4 heteroatoms. The molecule has 0 spiro atoms. The van der Waals surface area contributed by atoms with Crippen molar-refractivity contribution in [2.45, 2.75) is 20.3 Å². The second-order valence-corrected chi connectivity index (χ2v) is 9.75. The second-order valence-electron chi connectivity index (χ2n) is 6.98. The highest BCUT2D eigenvalue weighted by Gasteiger charge is 2.70. The third kappa shape index (κ3) is 3.54. The van der Waals surface area contributed by atoms with Gasteiger partial charge in [-0.1, -0.05) is 50.3 Å². The molecule has 128 valence electrons. The van der Waals surface area contributed by atoms with Crippen LogP contribution >= 0.6 is 31.9 Å². The molecule has 1 aliphatic carbocycles. The average molecular weight is 461 g/mol. The summed E-state index contributed by atoms with van der Waals surface area (Å²) >= 11 is 6.86. The molecule has 0 bridgehead atoms. The van der Waals surface area contributed by atoms with Crippen molar-refractivity contribution in [1.82, 2.24) is 0 Å². The molecule has 2 atom stereocenters. The van der Waals surface area contributed by atoms with Gasteiger partial charge >= 0.3 is 0 Å². The predicted octanol–water partition coefficient (Wildman–Crippen LogP) is 6.82.